The van der Waals surface area contributed by atoms with Crippen LogP contribution in [0.5, 0.6) is 0 Å². The average Bonchev–Trinajstić information content (AvgIpc) is 2.85. The van der Waals surface area contributed by atoms with Gasteiger partial charge < -0.3 is 10.6 Å². The third-order valence-electron chi connectivity index (χ3n) is 2.91. The fraction of sp³-hybridized carbons (Fsp3) is 0.357. The summed E-state index contributed by atoms with van der Waals surface area (Å²) < 4.78 is 0. The lowest BCUT2D eigenvalue weighted by atomic mass is 10.2. The summed E-state index contributed by atoms with van der Waals surface area (Å²) in [6.07, 6.45) is 3.41. The van der Waals surface area contributed by atoms with E-state index in [0.29, 0.717) is 5.56 Å². The first-order valence-electron chi connectivity index (χ1n) is 6.39. The van der Waals surface area contributed by atoms with Gasteiger partial charge in [-0.2, -0.15) is 0 Å². The molecule has 0 aromatic carbocycles. The maximum absolute atomic E-state index is 12.3. The minimum atomic E-state index is -0.151. The van der Waals surface area contributed by atoms with Gasteiger partial charge in [0.25, 0.3) is 5.91 Å². The van der Waals surface area contributed by atoms with E-state index in [1.165, 1.54) is 0 Å². The highest BCUT2D eigenvalue weighted by molar-refractivity contribution is 7.11. The normalized spacial score (nSPS) is 12.0. The van der Waals surface area contributed by atoms with Crippen LogP contribution in [0.3, 0.4) is 0 Å². The Morgan fingerprint density at radius 1 is 1.30 bits per heavy atom. The Bertz CT molecular complexity index is 623. The Morgan fingerprint density at radius 2 is 2.05 bits per heavy atom. The van der Waals surface area contributed by atoms with Gasteiger partial charge >= 0.3 is 0 Å². The van der Waals surface area contributed by atoms with Crippen LogP contribution < -0.4 is 10.6 Å². The summed E-state index contributed by atoms with van der Waals surface area (Å²) in [6, 6.07) is 1.74. The number of rotatable bonds is 4. The fourth-order valence-corrected chi connectivity index (χ4v) is 2.63. The second-order valence-corrected chi connectivity index (χ2v) is 5.89. The smallest absolute Gasteiger partial charge is 0.255 e. The number of hydrogen-bond donors (Lipinski definition) is 2. The molecule has 106 valence electrons. The van der Waals surface area contributed by atoms with Crippen molar-refractivity contribution in [2.75, 3.05) is 12.4 Å². The van der Waals surface area contributed by atoms with E-state index in [4.69, 9.17) is 0 Å². The lowest BCUT2D eigenvalue weighted by molar-refractivity contribution is 0.0940. The molecule has 2 heterocycles. The lowest BCUT2D eigenvalue weighted by Crippen LogP contribution is -2.27. The quantitative estimate of drug-likeness (QED) is 0.908. The summed E-state index contributed by atoms with van der Waals surface area (Å²) in [6.45, 7) is 5.82. The standard InChI is InChI=1S/C14H18N4OS/c1-8-5-12(15-4)11(7-16-8)13(19)18-10(3)14-17-6-9(2)20-14/h5-7,10H,1-4H3,(H,15,16)(H,18,19). The molecule has 0 aliphatic carbocycles. The summed E-state index contributed by atoms with van der Waals surface area (Å²) >= 11 is 1.59. The molecule has 1 atom stereocenters. The summed E-state index contributed by atoms with van der Waals surface area (Å²) in [7, 11) is 1.79. The second-order valence-electron chi connectivity index (χ2n) is 4.63. The monoisotopic (exact) mass is 290 g/mol. The Balaban J connectivity index is 2.16. The SMILES string of the molecule is CNc1cc(C)ncc1C(=O)NC(C)c1ncc(C)s1. The van der Waals surface area contributed by atoms with Crippen molar-refractivity contribution in [2.45, 2.75) is 26.8 Å². The molecule has 0 saturated heterocycles. The number of pyridine rings is 1. The van der Waals surface area contributed by atoms with Crippen LogP contribution >= 0.6 is 11.3 Å². The molecule has 0 aliphatic heterocycles. The fourth-order valence-electron chi connectivity index (χ4n) is 1.86. The first-order valence-corrected chi connectivity index (χ1v) is 7.20. The van der Waals surface area contributed by atoms with E-state index in [1.807, 2.05) is 33.0 Å². The van der Waals surface area contributed by atoms with Crippen molar-refractivity contribution in [1.82, 2.24) is 15.3 Å². The van der Waals surface area contributed by atoms with Crippen LogP contribution in [0.4, 0.5) is 5.69 Å². The van der Waals surface area contributed by atoms with Crippen LogP contribution in [0, 0.1) is 13.8 Å². The summed E-state index contributed by atoms with van der Waals surface area (Å²) in [5.74, 6) is -0.151. The maximum atomic E-state index is 12.3. The third-order valence-corrected chi connectivity index (χ3v) is 4.01. The van der Waals surface area contributed by atoms with Gasteiger partial charge in [-0.15, -0.1) is 11.3 Å². The Kier molecular flexibility index (Phi) is 4.34. The molecule has 0 bridgehead atoms. The molecular formula is C14H18N4OS. The molecular weight excluding hydrogens is 272 g/mol. The minimum Gasteiger partial charge on any atom is -0.387 e. The van der Waals surface area contributed by atoms with Crippen LogP contribution in [-0.4, -0.2) is 22.9 Å². The van der Waals surface area contributed by atoms with Gasteiger partial charge in [-0.25, -0.2) is 4.98 Å². The topological polar surface area (TPSA) is 66.9 Å². The zero-order valence-electron chi connectivity index (χ0n) is 12.0. The molecule has 0 fully saturated rings. The highest BCUT2D eigenvalue weighted by atomic mass is 32.1. The first kappa shape index (κ1) is 14.5. The van der Waals surface area contributed by atoms with Gasteiger partial charge in [-0.05, 0) is 26.8 Å². The molecule has 0 radical (unpaired) electrons. The van der Waals surface area contributed by atoms with Crippen LogP contribution in [-0.2, 0) is 0 Å². The van der Waals surface area contributed by atoms with Crippen LogP contribution in [0.2, 0.25) is 0 Å². The van der Waals surface area contributed by atoms with Crippen molar-refractivity contribution in [1.29, 1.82) is 0 Å². The molecule has 20 heavy (non-hydrogen) atoms. The number of aromatic nitrogens is 2. The van der Waals surface area contributed by atoms with E-state index < -0.39 is 0 Å². The zero-order chi connectivity index (χ0) is 14.7. The van der Waals surface area contributed by atoms with Gasteiger partial charge in [0.05, 0.1) is 17.3 Å². The van der Waals surface area contributed by atoms with E-state index in [-0.39, 0.29) is 11.9 Å². The van der Waals surface area contributed by atoms with Crippen molar-refractivity contribution in [3.8, 4) is 0 Å². The van der Waals surface area contributed by atoms with E-state index >= 15 is 0 Å². The number of hydrogen-bond acceptors (Lipinski definition) is 5. The van der Waals surface area contributed by atoms with Gasteiger partial charge in [-0.3, -0.25) is 9.78 Å². The lowest BCUT2D eigenvalue weighted by Gasteiger charge is -2.13. The zero-order valence-corrected chi connectivity index (χ0v) is 12.8. The largest absolute Gasteiger partial charge is 0.387 e. The van der Waals surface area contributed by atoms with Gasteiger partial charge in [0.1, 0.15) is 5.01 Å². The number of carbonyl (C=O) groups excluding carboxylic acids is 1. The number of thiazole rings is 1. The number of amides is 1. The predicted molar refractivity (Wildman–Crippen MR) is 81.3 cm³/mol. The van der Waals surface area contributed by atoms with Gasteiger partial charge in [0, 0.05) is 30.0 Å². The highest BCUT2D eigenvalue weighted by Gasteiger charge is 2.16. The van der Waals surface area contributed by atoms with Gasteiger partial charge in [0.2, 0.25) is 0 Å². The summed E-state index contributed by atoms with van der Waals surface area (Å²) in [5.41, 5.74) is 2.19. The van der Waals surface area contributed by atoms with Crippen LogP contribution in [0.1, 0.15) is 38.9 Å². The molecule has 1 amide bonds. The number of aryl methyl sites for hydroxylation is 2. The molecule has 0 spiro atoms. The molecule has 0 aliphatic rings. The Morgan fingerprint density at radius 3 is 2.65 bits per heavy atom. The first-order chi connectivity index (χ1) is 9.51. The third kappa shape index (κ3) is 3.14. The number of nitrogens with one attached hydrogen (secondary N) is 2. The molecule has 6 heteroatoms. The van der Waals surface area contributed by atoms with Crippen molar-refractivity contribution >= 4 is 22.9 Å². The van der Waals surface area contributed by atoms with Crippen LogP contribution in [0.15, 0.2) is 18.5 Å². The van der Waals surface area contributed by atoms with Gasteiger partial charge in [-0.1, -0.05) is 0 Å². The van der Waals surface area contributed by atoms with E-state index in [1.54, 1.807) is 24.6 Å². The van der Waals surface area contributed by atoms with Crippen molar-refractivity contribution in [2.24, 2.45) is 0 Å². The molecule has 2 N–H and O–H groups in total. The summed E-state index contributed by atoms with van der Waals surface area (Å²) in [5, 5.41) is 6.87. The van der Waals surface area contributed by atoms with Crippen molar-refractivity contribution < 1.29 is 4.79 Å². The summed E-state index contributed by atoms with van der Waals surface area (Å²) in [4.78, 5) is 21.9. The Labute approximate surface area is 122 Å². The molecule has 2 aromatic heterocycles. The molecule has 5 nitrogen and oxygen atoms in total. The predicted octanol–water partition coefficient (Wildman–Crippen LogP) is 2.69. The van der Waals surface area contributed by atoms with E-state index in [9.17, 15) is 4.79 Å². The number of carbonyl (C=O) groups is 1. The second kappa shape index (κ2) is 6.00. The maximum Gasteiger partial charge on any atom is 0.255 e. The van der Waals surface area contributed by atoms with E-state index in [0.717, 1.165) is 21.3 Å². The average molecular weight is 290 g/mol. The van der Waals surface area contributed by atoms with Crippen molar-refractivity contribution in [3.05, 3.63) is 39.6 Å². The molecule has 2 aromatic rings. The molecule has 0 saturated carbocycles. The van der Waals surface area contributed by atoms with E-state index in [2.05, 4.69) is 20.6 Å². The highest BCUT2D eigenvalue weighted by Crippen LogP contribution is 2.21. The van der Waals surface area contributed by atoms with Crippen LogP contribution in [0.25, 0.3) is 0 Å². The number of nitrogens with zero attached hydrogens (tertiary/aromatic N) is 2. The number of anilines is 1. The minimum absolute atomic E-state index is 0.118. The molecule has 2 rings (SSSR count). The molecule has 1 unspecified atom stereocenters. The van der Waals surface area contributed by atoms with Crippen molar-refractivity contribution in [3.63, 3.8) is 0 Å². The van der Waals surface area contributed by atoms with Gasteiger partial charge in [0.15, 0.2) is 0 Å². The Hall–Kier alpha value is -1.95.